The monoisotopic (exact) mass is 387 g/mol. The summed E-state index contributed by atoms with van der Waals surface area (Å²) in [6.07, 6.45) is 1.83. The Morgan fingerprint density at radius 3 is 2.43 bits per heavy atom. The molecule has 0 aromatic heterocycles. The van der Waals surface area contributed by atoms with Crippen molar-refractivity contribution in [2.45, 2.75) is 25.8 Å². The molecule has 0 fully saturated rings. The highest BCUT2D eigenvalue weighted by Crippen LogP contribution is 2.36. The number of hydrogen-bond acceptors (Lipinski definition) is 2. The maximum absolute atomic E-state index is 6.14. The predicted molar refractivity (Wildman–Crippen MR) is 92.6 cm³/mol. The van der Waals surface area contributed by atoms with Gasteiger partial charge >= 0.3 is 0 Å². The van der Waals surface area contributed by atoms with Crippen LogP contribution in [0.4, 0.5) is 0 Å². The van der Waals surface area contributed by atoms with Crippen LogP contribution in [0.3, 0.4) is 0 Å². The zero-order valence-corrected chi connectivity index (χ0v) is 14.7. The van der Waals surface area contributed by atoms with Crippen molar-refractivity contribution < 1.29 is 4.74 Å². The van der Waals surface area contributed by atoms with E-state index in [1.165, 1.54) is 5.56 Å². The van der Waals surface area contributed by atoms with Crippen LogP contribution in [0.25, 0.3) is 0 Å². The molecule has 0 aliphatic carbocycles. The molecule has 0 amide bonds. The third-order valence-electron chi connectivity index (χ3n) is 3.15. The smallest absolute Gasteiger partial charge is 0.147 e. The van der Waals surface area contributed by atoms with Crippen molar-refractivity contribution in [2.24, 2.45) is 5.73 Å². The second-order valence-corrected chi connectivity index (χ2v) is 6.48. The Morgan fingerprint density at radius 2 is 1.81 bits per heavy atom. The Bertz CT molecular complexity index is 616. The van der Waals surface area contributed by atoms with Crippen LogP contribution >= 0.6 is 39.1 Å². The third-order valence-corrected chi connectivity index (χ3v) is 4.64. The molecule has 2 nitrogen and oxygen atoms in total. The van der Waals surface area contributed by atoms with Crippen molar-refractivity contribution >= 4 is 39.1 Å². The van der Waals surface area contributed by atoms with E-state index in [1.807, 2.05) is 24.3 Å². The van der Waals surface area contributed by atoms with E-state index in [4.69, 9.17) is 33.7 Å². The van der Waals surface area contributed by atoms with Crippen molar-refractivity contribution in [2.75, 3.05) is 0 Å². The number of rotatable bonds is 5. The first kappa shape index (κ1) is 16.6. The van der Waals surface area contributed by atoms with Crippen molar-refractivity contribution in [3.63, 3.8) is 0 Å². The van der Waals surface area contributed by atoms with Gasteiger partial charge in [0.2, 0.25) is 0 Å². The van der Waals surface area contributed by atoms with Crippen LogP contribution in [0.1, 0.15) is 18.9 Å². The highest BCUT2D eigenvalue weighted by Gasteiger charge is 2.08. The minimum Gasteiger partial charge on any atom is -0.456 e. The van der Waals surface area contributed by atoms with Gasteiger partial charge in [-0.25, -0.2) is 0 Å². The summed E-state index contributed by atoms with van der Waals surface area (Å²) in [5, 5.41) is 1.06. The minimum absolute atomic E-state index is 0.191. The first-order valence-electron chi connectivity index (χ1n) is 6.66. The van der Waals surface area contributed by atoms with Gasteiger partial charge < -0.3 is 10.5 Å². The molecule has 2 aromatic carbocycles. The Labute approximate surface area is 143 Å². The largest absolute Gasteiger partial charge is 0.456 e. The SMILES string of the molecule is CCC(N)Cc1ccc(Oc2cc(Cl)c(Br)cc2Cl)cc1. The lowest BCUT2D eigenvalue weighted by Gasteiger charge is -2.11. The molecular weight excluding hydrogens is 373 g/mol. The first-order valence-corrected chi connectivity index (χ1v) is 8.21. The Hall–Kier alpha value is -0.740. The first-order chi connectivity index (χ1) is 9.99. The molecule has 21 heavy (non-hydrogen) atoms. The average molecular weight is 389 g/mol. The van der Waals surface area contributed by atoms with Crippen molar-refractivity contribution in [1.82, 2.24) is 0 Å². The average Bonchev–Trinajstić information content (AvgIpc) is 2.46. The second kappa shape index (κ2) is 7.50. The van der Waals surface area contributed by atoms with Gasteiger partial charge in [-0.1, -0.05) is 42.3 Å². The van der Waals surface area contributed by atoms with Crippen LogP contribution in [-0.2, 0) is 6.42 Å². The van der Waals surface area contributed by atoms with E-state index in [2.05, 4.69) is 22.9 Å². The molecule has 2 N–H and O–H groups in total. The lowest BCUT2D eigenvalue weighted by Crippen LogP contribution is -2.21. The zero-order valence-electron chi connectivity index (χ0n) is 11.6. The molecule has 1 atom stereocenters. The summed E-state index contributed by atoms with van der Waals surface area (Å²) in [6, 6.07) is 11.4. The molecule has 1 unspecified atom stereocenters. The van der Waals surface area contributed by atoms with Crippen LogP contribution in [0, 0.1) is 0 Å². The lowest BCUT2D eigenvalue weighted by molar-refractivity contribution is 0.482. The summed E-state index contributed by atoms with van der Waals surface area (Å²) in [6.45, 7) is 2.08. The molecule has 0 spiro atoms. The van der Waals surface area contributed by atoms with Gasteiger partial charge in [-0.05, 0) is 52.5 Å². The van der Waals surface area contributed by atoms with Gasteiger partial charge in [-0.15, -0.1) is 0 Å². The Balaban J connectivity index is 2.12. The summed E-state index contributed by atoms with van der Waals surface area (Å²) in [5.41, 5.74) is 7.14. The molecule has 5 heteroatoms. The molecule has 2 aromatic rings. The van der Waals surface area contributed by atoms with Crippen LogP contribution in [0.15, 0.2) is 40.9 Å². The lowest BCUT2D eigenvalue weighted by atomic mass is 10.0. The summed E-state index contributed by atoms with van der Waals surface area (Å²) in [7, 11) is 0. The van der Waals surface area contributed by atoms with Crippen LogP contribution in [-0.4, -0.2) is 6.04 Å². The molecule has 0 bridgehead atoms. The number of hydrogen-bond donors (Lipinski definition) is 1. The second-order valence-electron chi connectivity index (χ2n) is 4.82. The van der Waals surface area contributed by atoms with Gasteiger partial charge in [-0.3, -0.25) is 0 Å². The summed E-state index contributed by atoms with van der Waals surface area (Å²) < 4.78 is 6.50. The van der Waals surface area contributed by atoms with Gasteiger partial charge in [0.05, 0.1) is 10.0 Å². The summed E-state index contributed by atoms with van der Waals surface area (Å²) in [5.74, 6) is 1.24. The van der Waals surface area contributed by atoms with Crippen molar-refractivity contribution in [3.05, 3.63) is 56.5 Å². The molecule has 112 valence electrons. The van der Waals surface area contributed by atoms with Gasteiger partial charge in [0.25, 0.3) is 0 Å². The maximum atomic E-state index is 6.14. The van der Waals surface area contributed by atoms with Crippen LogP contribution in [0.2, 0.25) is 10.0 Å². The summed E-state index contributed by atoms with van der Waals surface area (Å²) >= 11 is 15.5. The molecule has 0 saturated heterocycles. The fourth-order valence-electron chi connectivity index (χ4n) is 1.85. The highest BCUT2D eigenvalue weighted by molar-refractivity contribution is 9.10. The molecule has 0 radical (unpaired) electrons. The van der Waals surface area contributed by atoms with E-state index in [0.717, 1.165) is 17.3 Å². The van der Waals surface area contributed by atoms with Crippen LogP contribution < -0.4 is 10.5 Å². The van der Waals surface area contributed by atoms with E-state index in [9.17, 15) is 0 Å². The third kappa shape index (κ3) is 4.62. The van der Waals surface area contributed by atoms with E-state index < -0.39 is 0 Å². The van der Waals surface area contributed by atoms with E-state index in [-0.39, 0.29) is 6.04 Å². The molecule has 2 rings (SSSR count). The molecule has 0 aliphatic rings. The number of nitrogens with two attached hydrogens (primary N) is 1. The van der Waals surface area contributed by atoms with Gasteiger partial charge in [-0.2, -0.15) is 0 Å². The number of ether oxygens (including phenoxy) is 1. The number of benzene rings is 2. The van der Waals surface area contributed by atoms with Gasteiger partial charge in [0, 0.05) is 16.6 Å². The number of halogens is 3. The molecule has 0 saturated carbocycles. The standard InChI is InChI=1S/C16H16BrCl2NO/c1-2-11(20)7-10-3-5-12(6-4-10)21-16-9-14(18)13(17)8-15(16)19/h3-6,8-9,11H,2,7,20H2,1H3. The summed E-state index contributed by atoms with van der Waals surface area (Å²) in [4.78, 5) is 0. The Kier molecular flexibility index (Phi) is 5.94. The van der Waals surface area contributed by atoms with E-state index in [1.54, 1.807) is 12.1 Å². The topological polar surface area (TPSA) is 35.2 Å². The van der Waals surface area contributed by atoms with E-state index >= 15 is 0 Å². The Morgan fingerprint density at radius 1 is 1.14 bits per heavy atom. The van der Waals surface area contributed by atoms with E-state index in [0.29, 0.717) is 21.5 Å². The molecule has 0 aliphatic heterocycles. The quantitative estimate of drug-likeness (QED) is 0.654. The normalized spacial score (nSPS) is 12.2. The van der Waals surface area contributed by atoms with Gasteiger partial charge in [0.15, 0.2) is 0 Å². The van der Waals surface area contributed by atoms with Crippen molar-refractivity contribution in [1.29, 1.82) is 0 Å². The van der Waals surface area contributed by atoms with Crippen molar-refractivity contribution in [3.8, 4) is 11.5 Å². The predicted octanol–water partition coefficient (Wildman–Crippen LogP) is 5.83. The fourth-order valence-corrected chi connectivity index (χ4v) is 2.68. The van der Waals surface area contributed by atoms with Crippen LogP contribution in [0.5, 0.6) is 11.5 Å². The highest BCUT2D eigenvalue weighted by atomic mass is 79.9. The molecular formula is C16H16BrCl2NO. The van der Waals surface area contributed by atoms with Gasteiger partial charge in [0.1, 0.15) is 11.5 Å². The maximum Gasteiger partial charge on any atom is 0.147 e. The fraction of sp³-hybridized carbons (Fsp3) is 0.250. The zero-order chi connectivity index (χ0) is 15.4. The minimum atomic E-state index is 0.191. The molecule has 0 heterocycles.